The van der Waals surface area contributed by atoms with Crippen molar-refractivity contribution < 1.29 is 33.0 Å². The Bertz CT molecular complexity index is 1530. The first-order chi connectivity index (χ1) is 17.8. The number of carbonyl (C=O) groups is 2. The maximum absolute atomic E-state index is 13.2. The van der Waals surface area contributed by atoms with Gasteiger partial charge in [0.2, 0.25) is 11.0 Å². The first-order valence-corrected chi connectivity index (χ1v) is 12.3. The number of nitrogen functional groups attached to an aromatic ring is 1. The van der Waals surface area contributed by atoms with Gasteiger partial charge in [0.25, 0.3) is 12.1 Å². The lowest BCUT2D eigenvalue weighted by Crippen LogP contribution is -2.32. The molecule has 0 radical (unpaired) electrons. The van der Waals surface area contributed by atoms with Crippen molar-refractivity contribution in [1.29, 1.82) is 0 Å². The Balaban J connectivity index is 1.68. The lowest BCUT2D eigenvalue weighted by molar-refractivity contribution is -0.765. The Kier molecular flexibility index (Phi) is 6.20. The Labute approximate surface area is 216 Å². The number of anilines is 2. The van der Waals surface area contributed by atoms with E-state index in [0.29, 0.717) is 55.9 Å². The summed E-state index contributed by atoms with van der Waals surface area (Å²) in [5, 5.41) is 7.16. The molecule has 0 aliphatic heterocycles. The van der Waals surface area contributed by atoms with Crippen LogP contribution in [0.25, 0.3) is 21.3 Å². The molecule has 0 spiro atoms. The zero-order chi connectivity index (χ0) is 26.4. The van der Waals surface area contributed by atoms with E-state index in [2.05, 4.69) is 15.6 Å². The number of hydrogen-bond donors (Lipinski definition) is 2. The highest BCUT2D eigenvalue weighted by molar-refractivity contribution is 7.21. The fourth-order valence-electron chi connectivity index (χ4n) is 4.37. The lowest BCUT2D eigenvalue weighted by atomic mass is 9.93. The molecule has 12 heteroatoms. The van der Waals surface area contributed by atoms with E-state index in [1.165, 1.54) is 28.3 Å². The van der Waals surface area contributed by atoms with Gasteiger partial charge in [0.05, 0.1) is 32.7 Å². The maximum Gasteiger partial charge on any atom is 0.302 e. The summed E-state index contributed by atoms with van der Waals surface area (Å²) in [5.74, 6) is 0.794. The number of fused-ring (bicyclic) bond motifs is 1. The molecule has 0 saturated heterocycles. The minimum absolute atomic E-state index is 0.196. The summed E-state index contributed by atoms with van der Waals surface area (Å²) in [6.45, 7) is 3.21. The van der Waals surface area contributed by atoms with Crippen LogP contribution in [-0.2, 0) is 0 Å². The van der Waals surface area contributed by atoms with E-state index in [9.17, 15) is 9.59 Å². The molecule has 3 heterocycles. The third-order valence-corrected chi connectivity index (χ3v) is 7.31. The van der Waals surface area contributed by atoms with Crippen LogP contribution >= 0.6 is 11.3 Å². The predicted molar refractivity (Wildman–Crippen MR) is 137 cm³/mol. The summed E-state index contributed by atoms with van der Waals surface area (Å²) >= 11 is 1.13. The number of rotatable bonds is 8. The third-order valence-electron chi connectivity index (χ3n) is 6.21. The van der Waals surface area contributed by atoms with Crippen molar-refractivity contribution >= 4 is 44.8 Å². The molecule has 37 heavy (non-hydrogen) atoms. The molecule has 3 aromatic heterocycles. The second-order valence-electron chi connectivity index (χ2n) is 8.67. The predicted octanol–water partition coefficient (Wildman–Crippen LogP) is 3.95. The number of nitrogens with two attached hydrogens (primary N) is 1. The fourth-order valence-corrected chi connectivity index (χ4v) is 5.42. The molecular weight excluding hydrogens is 498 g/mol. The second-order valence-corrected chi connectivity index (χ2v) is 9.67. The van der Waals surface area contributed by atoms with Gasteiger partial charge in [-0.15, -0.1) is 11.3 Å². The molecule has 1 aliphatic carbocycles. The molecule has 0 unspecified atom stereocenters. The normalized spacial score (nSPS) is 13.0. The summed E-state index contributed by atoms with van der Waals surface area (Å²) in [7, 11) is 4.54. The second kappa shape index (κ2) is 9.36. The summed E-state index contributed by atoms with van der Waals surface area (Å²) in [4.78, 5) is 31.4. The Morgan fingerprint density at radius 3 is 2.41 bits per heavy atom. The van der Waals surface area contributed by atoms with Gasteiger partial charge in [-0.1, -0.05) is 0 Å². The molecule has 192 valence electrons. The smallest absolute Gasteiger partial charge is 0.302 e. The van der Waals surface area contributed by atoms with Gasteiger partial charge in [-0.25, -0.2) is 4.98 Å². The van der Waals surface area contributed by atoms with Crippen LogP contribution in [0.4, 0.5) is 11.6 Å². The number of hydrogen-bond acceptors (Lipinski definition) is 10. The number of aryl methyl sites for hydroxylation is 1. The van der Waals surface area contributed by atoms with Crippen molar-refractivity contribution in [2.24, 2.45) is 0 Å². The van der Waals surface area contributed by atoms with Crippen molar-refractivity contribution in [3.63, 3.8) is 0 Å². The molecule has 11 nitrogen and oxygen atoms in total. The van der Waals surface area contributed by atoms with Gasteiger partial charge in [0, 0.05) is 29.4 Å². The molecule has 1 aliphatic rings. The van der Waals surface area contributed by atoms with Gasteiger partial charge in [0.15, 0.2) is 23.3 Å². The summed E-state index contributed by atoms with van der Waals surface area (Å²) in [6.07, 6.45) is 3.71. The molecule has 3 N–H and O–H groups in total. The monoisotopic (exact) mass is 524 g/mol. The number of Topliss-reactive ketones (excluding diaryl/α,β-unsaturated/α-hetero) is 1. The number of methoxy groups -OCH3 is 3. The van der Waals surface area contributed by atoms with Crippen LogP contribution in [0.3, 0.4) is 0 Å². The SMILES string of the molecule is COc1cc(-c2c(C(C)=O)c(C)nc3sc(C(=O)Nc4c[n+](C5CC5)no4)c(N)c23)cc(OC)c1OC. The van der Waals surface area contributed by atoms with Crippen molar-refractivity contribution in [2.45, 2.75) is 32.7 Å². The highest BCUT2D eigenvalue weighted by Gasteiger charge is 2.36. The fraction of sp³-hybridized carbons (Fsp3) is 0.320. The van der Waals surface area contributed by atoms with E-state index < -0.39 is 5.91 Å². The average Bonchev–Trinajstić information content (AvgIpc) is 3.54. The molecule has 0 atom stereocenters. The van der Waals surface area contributed by atoms with Crippen molar-refractivity contribution in [3.8, 4) is 28.4 Å². The summed E-state index contributed by atoms with van der Waals surface area (Å²) < 4.78 is 23.5. The molecule has 0 bridgehead atoms. The van der Waals surface area contributed by atoms with Crippen LogP contribution in [0.1, 0.15) is 51.5 Å². The highest BCUT2D eigenvalue weighted by Crippen LogP contribution is 2.47. The van der Waals surface area contributed by atoms with Gasteiger partial charge in [0.1, 0.15) is 9.71 Å². The maximum atomic E-state index is 13.2. The minimum Gasteiger partial charge on any atom is -0.493 e. The van der Waals surface area contributed by atoms with Crippen LogP contribution in [0.15, 0.2) is 22.9 Å². The molecular formula is C25H26N5O6S+. The first kappa shape index (κ1) is 24.5. The van der Waals surface area contributed by atoms with Gasteiger partial charge in [-0.2, -0.15) is 0 Å². The summed E-state index contributed by atoms with van der Waals surface area (Å²) in [5.41, 5.74) is 8.81. The third kappa shape index (κ3) is 4.22. The number of pyridine rings is 1. The van der Waals surface area contributed by atoms with E-state index >= 15 is 0 Å². The Morgan fingerprint density at radius 1 is 1.16 bits per heavy atom. The van der Waals surface area contributed by atoms with Gasteiger partial charge < -0.3 is 19.9 Å². The Morgan fingerprint density at radius 2 is 1.84 bits per heavy atom. The quantitative estimate of drug-likeness (QED) is 0.259. The van der Waals surface area contributed by atoms with E-state index in [-0.39, 0.29) is 22.2 Å². The highest BCUT2D eigenvalue weighted by atomic mass is 32.1. The van der Waals surface area contributed by atoms with Gasteiger partial charge in [-0.05, 0) is 36.2 Å². The number of carbonyl (C=O) groups excluding carboxylic acids is 2. The zero-order valence-corrected chi connectivity index (χ0v) is 21.8. The number of ketones is 1. The number of aromatic nitrogens is 3. The minimum atomic E-state index is -0.461. The largest absolute Gasteiger partial charge is 0.493 e. The van der Waals surface area contributed by atoms with E-state index in [1.807, 2.05) is 0 Å². The molecule has 1 fully saturated rings. The Hall–Kier alpha value is -4.19. The molecule has 1 saturated carbocycles. The topological polar surface area (TPSA) is 143 Å². The van der Waals surface area contributed by atoms with Gasteiger partial charge in [-0.3, -0.25) is 19.4 Å². The van der Waals surface area contributed by atoms with Crippen LogP contribution < -0.4 is 29.9 Å². The van der Waals surface area contributed by atoms with E-state index in [0.717, 1.165) is 24.2 Å². The molecule has 5 rings (SSSR count). The molecule has 4 aromatic rings. The van der Waals surface area contributed by atoms with Crippen LogP contribution in [0.5, 0.6) is 17.2 Å². The first-order valence-electron chi connectivity index (χ1n) is 11.5. The van der Waals surface area contributed by atoms with E-state index in [1.54, 1.807) is 29.9 Å². The van der Waals surface area contributed by atoms with Crippen molar-refractivity contribution in [1.82, 2.24) is 10.3 Å². The number of nitrogens with one attached hydrogen (secondary N) is 1. The summed E-state index contributed by atoms with van der Waals surface area (Å²) in [6, 6.07) is 3.79. The van der Waals surface area contributed by atoms with Gasteiger partial charge >= 0.3 is 5.88 Å². The lowest BCUT2D eigenvalue weighted by Gasteiger charge is -2.17. The van der Waals surface area contributed by atoms with Crippen molar-refractivity contribution in [3.05, 3.63) is 34.5 Å². The number of thiophene rings is 1. The van der Waals surface area contributed by atoms with E-state index in [4.69, 9.17) is 24.5 Å². The average molecular weight is 525 g/mol. The number of benzene rings is 1. The number of nitrogens with zero attached hydrogens (tertiary/aromatic N) is 3. The van der Waals surface area contributed by atoms with Crippen molar-refractivity contribution in [2.75, 3.05) is 32.4 Å². The molecule has 1 aromatic carbocycles. The van der Waals surface area contributed by atoms with Crippen LogP contribution in [0, 0.1) is 6.92 Å². The number of amides is 1. The van der Waals surface area contributed by atoms with Crippen LogP contribution in [0.2, 0.25) is 0 Å². The van der Waals surface area contributed by atoms with Crippen LogP contribution in [-0.4, -0.2) is 43.3 Å². The molecule has 1 amide bonds. The number of ether oxygens (including phenoxy) is 3. The zero-order valence-electron chi connectivity index (χ0n) is 21.0. The standard InChI is InChI=1S/C25H25N5O6S/c1-11-18(12(2)31)19(13-8-15(33-3)22(35-5)16(9-13)34-4)20-21(26)23(37-25(20)27-11)24(32)28-17-10-30(29-36-17)14-6-7-14/h8-10,14H,6-7H2,1-5H3,(H2-,26,28,29,32)/p+1.